The number of carbonyl (C=O) groups is 1. The van der Waals surface area contributed by atoms with Crippen LogP contribution in [0.2, 0.25) is 0 Å². The van der Waals surface area contributed by atoms with Crippen LogP contribution in [0.1, 0.15) is 6.92 Å². The minimum absolute atomic E-state index is 0.0416. The Balaban J connectivity index is 2.07. The number of aromatic nitrogens is 1. The summed E-state index contributed by atoms with van der Waals surface area (Å²) in [4.78, 5) is 12.0. The van der Waals surface area contributed by atoms with Crippen molar-refractivity contribution in [2.75, 3.05) is 18.2 Å². The number of halogens is 1. The van der Waals surface area contributed by atoms with Crippen LogP contribution in [0.5, 0.6) is 0 Å². The molecule has 0 saturated carbocycles. The Bertz CT molecular complexity index is 645. The molecule has 7 heteroatoms. The Morgan fingerprint density at radius 3 is 2.70 bits per heavy atom. The number of hydrogen-bond acceptors (Lipinski definition) is 3. The lowest BCUT2D eigenvalue weighted by Crippen LogP contribution is -2.43. The number of anilines is 1. The first-order chi connectivity index (χ1) is 11.0. The van der Waals surface area contributed by atoms with Crippen LogP contribution >= 0.6 is 11.8 Å². The number of aliphatic hydroxyl groups excluding tert-OH is 1. The van der Waals surface area contributed by atoms with Crippen LogP contribution in [0, 0.1) is 5.82 Å². The number of urea groups is 1. The van der Waals surface area contributed by atoms with Gasteiger partial charge in [0.05, 0.1) is 12.3 Å². The second kappa shape index (κ2) is 8.03. The van der Waals surface area contributed by atoms with E-state index in [0.717, 1.165) is 5.69 Å². The van der Waals surface area contributed by atoms with Crippen molar-refractivity contribution in [3.8, 4) is 5.69 Å². The number of aliphatic hydroxyl groups is 1. The van der Waals surface area contributed by atoms with E-state index in [1.54, 1.807) is 19.1 Å². The van der Waals surface area contributed by atoms with E-state index in [1.165, 1.54) is 17.8 Å². The molecular formula is C16H20FN3O2S. The van der Waals surface area contributed by atoms with Crippen LogP contribution in [-0.2, 0) is 0 Å². The van der Waals surface area contributed by atoms with Crippen molar-refractivity contribution in [1.29, 1.82) is 0 Å². The van der Waals surface area contributed by atoms with E-state index in [-0.39, 0.29) is 23.6 Å². The van der Waals surface area contributed by atoms with Gasteiger partial charge in [0, 0.05) is 29.4 Å². The van der Waals surface area contributed by atoms with Crippen LogP contribution in [0.3, 0.4) is 0 Å². The molecule has 23 heavy (non-hydrogen) atoms. The zero-order valence-corrected chi connectivity index (χ0v) is 13.8. The summed E-state index contributed by atoms with van der Waals surface area (Å²) in [6.45, 7) is 1.75. The zero-order chi connectivity index (χ0) is 16.8. The van der Waals surface area contributed by atoms with Crippen molar-refractivity contribution in [3.63, 3.8) is 0 Å². The molecule has 0 radical (unpaired) electrons. The van der Waals surface area contributed by atoms with E-state index >= 15 is 0 Å². The van der Waals surface area contributed by atoms with Gasteiger partial charge in [0.25, 0.3) is 0 Å². The average Bonchev–Trinajstić information content (AvgIpc) is 3.05. The molecule has 1 aromatic heterocycles. The molecule has 124 valence electrons. The number of nitrogens with zero attached hydrogens (tertiary/aromatic N) is 1. The molecule has 1 aromatic carbocycles. The lowest BCUT2D eigenvalue weighted by atomic mass is 10.2. The first kappa shape index (κ1) is 17.4. The Morgan fingerprint density at radius 1 is 1.39 bits per heavy atom. The van der Waals surface area contributed by atoms with Crippen LogP contribution in [0.4, 0.5) is 14.9 Å². The number of carbonyl (C=O) groups excluding carboxylic acids is 1. The SMILES string of the molecule is CSC(CO)C(C)NC(=O)Nc1cc(-n2cccc2)ccc1F. The normalized spacial score (nSPS) is 13.4. The van der Waals surface area contributed by atoms with Crippen LogP contribution in [0.25, 0.3) is 5.69 Å². The van der Waals surface area contributed by atoms with E-state index in [0.29, 0.717) is 0 Å². The number of hydrogen-bond donors (Lipinski definition) is 3. The number of amides is 2. The molecule has 3 N–H and O–H groups in total. The van der Waals surface area contributed by atoms with Crippen molar-refractivity contribution in [2.45, 2.75) is 18.2 Å². The van der Waals surface area contributed by atoms with Crippen molar-refractivity contribution in [2.24, 2.45) is 0 Å². The Labute approximate surface area is 138 Å². The van der Waals surface area contributed by atoms with E-state index in [2.05, 4.69) is 10.6 Å². The standard InChI is InChI=1S/C16H20FN3O2S/c1-11(15(10-21)23-2)18-16(22)19-14-9-12(5-6-13(14)17)20-7-3-4-8-20/h3-9,11,15,21H,10H2,1-2H3,(H2,18,19,22). The minimum Gasteiger partial charge on any atom is -0.395 e. The van der Waals surface area contributed by atoms with Crippen LogP contribution in [-0.4, -0.2) is 39.9 Å². The van der Waals surface area contributed by atoms with Gasteiger partial charge in [0.1, 0.15) is 5.82 Å². The molecule has 5 nitrogen and oxygen atoms in total. The van der Waals surface area contributed by atoms with E-state index in [1.807, 2.05) is 35.3 Å². The van der Waals surface area contributed by atoms with Gasteiger partial charge in [-0.1, -0.05) is 0 Å². The highest BCUT2D eigenvalue weighted by Crippen LogP contribution is 2.19. The molecular weight excluding hydrogens is 317 g/mol. The summed E-state index contributed by atoms with van der Waals surface area (Å²) in [6.07, 6.45) is 5.53. The summed E-state index contributed by atoms with van der Waals surface area (Å²) in [7, 11) is 0. The summed E-state index contributed by atoms with van der Waals surface area (Å²) in [5.74, 6) is -0.507. The molecule has 0 aliphatic carbocycles. The predicted molar refractivity (Wildman–Crippen MR) is 91.7 cm³/mol. The first-order valence-electron chi connectivity index (χ1n) is 7.19. The molecule has 0 aliphatic rings. The van der Waals surface area contributed by atoms with Gasteiger partial charge in [0.15, 0.2) is 0 Å². The Kier molecular flexibility index (Phi) is 6.06. The van der Waals surface area contributed by atoms with Crippen molar-refractivity contribution in [1.82, 2.24) is 9.88 Å². The highest BCUT2D eigenvalue weighted by atomic mass is 32.2. The molecule has 0 spiro atoms. The zero-order valence-electron chi connectivity index (χ0n) is 13.0. The quantitative estimate of drug-likeness (QED) is 0.759. The smallest absolute Gasteiger partial charge is 0.319 e. The Hall–Kier alpha value is -1.99. The molecule has 0 bridgehead atoms. The fourth-order valence-corrected chi connectivity index (χ4v) is 2.80. The van der Waals surface area contributed by atoms with Gasteiger partial charge in [-0.15, -0.1) is 0 Å². The molecule has 2 aromatic rings. The van der Waals surface area contributed by atoms with Gasteiger partial charge < -0.3 is 20.3 Å². The van der Waals surface area contributed by atoms with Gasteiger partial charge in [-0.05, 0) is 43.5 Å². The summed E-state index contributed by atoms with van der Waals surface area (Å²) < 4.78 is 15.7. The van der Waals surface area contributed by atoms with E-state index in [9.17, 15) is 14.3 Å². The topological polar surface area (TPSA) is 66.3 Å². The third-order valence-electron chi connectivity index (χ3n) is 3.50. The van der Waals surface area contributed by atoms with Gasteiger partial charge in [-0.3, -0.25) is 0 Å². The fraction of sp³-hybridized carbons (Fsp3) is 0.312. The maximum absolute atomic E-state index is 13.9. The molecule has 2 amide bonds. The predicted octanol–water partition coefficient (Wildman–Crippen LogP) is 2.85. The molecule has 2 atom stereocenters. The summed E-state index contributed by atoms with van der Waals surface area (Å²) >= 11 is 1.46. The number of nitrogens with one attached hydrogen (secondary N) is 2. The molecule has 2 unspecified atom stereocenters. The highest BCUT2D eigenvalue weighted by Gasteiger charge is 2.18. The van der Waals surface area contributed by atoms with Crippen LogP contribution < -0.4 is 10.6 Å². The number of thioether (sulfide) groups is 1. The third-order valence-corrected chi connectivity index (χ3v) is 4.66. The molecule has 1 heterocycles. The molecule has 0 fully saturated rings. The lowest BCUT2D eigenvalue weighted by molar-refractivity contribution is 0.243. The molecule has 0 aliphatic heterocycles. The Morgan fingerprint density at radius 2 is 2.09 bits per heavy atom. The van der Waals surface area contributed by atoms with Gasteiger partial charge >= 0.3 is 6.03 Å². The second-order valence-corrected chi connectivity index (χ2v) is 6.18. The summed E-state index contributed by atoms with van der Waals surface area (Å²) in [6, 6.07) is 7.49. The number of rotatable bonds is 6. The average molecular weight is 337 g/mol. The third kappa shape index (κ3) is 4.49. The van der Waals surface area contributed by atoms with E-state index < -0.39 is 11.8 Å². The molecule has 2 rings (SSSR count). The first-order valence-corrected chi connectivity index (χ1v) is 8.48. The van der Waals surface area contributed by atoms with Gasteiger partial charge in [-0.25, -0.2) is 9.18 Å². The van der Waals surface area contributed by atoms with Crippen molar-refractivity contribution >= 4 is 23.5 Å². The highest BCUT2D eigenvalue weighted by molar-refractivity contribution is 7.99. The largest absolute Gasteiger partial charge is 0.395 e. The maximum atomic E-state index is 13.9. The molecule has 0 saturated heterocycles. The van der Waals surface area contributed by atoms with Crippen LogP contribution in [0.15, 0.2) is 42.7 Å². The minimum atomic E-state index is -0.507. The summed E-state index contributed by atoms with van der Waals surface area (Å²) in [5, 5.41) is 14.3. The monoisotopic (exact) mass is 337 g/mol. The second-order valence-electron chi connectivity index (χ2n) is 5.10. The van der Waals surface area contributed by atoms with Crippen molar-refractivity contribution < 1.29 is 14.3 Å². The maximum Gasteiger partial charge on any atom is 0.319 e. The lowest BCUT2D eigenvalue weighted by Gasteiger charge is -2.21. The summed E-state index contributed by atoms with van der Waals surface area (Å²) in [5.41, 5.74) is 0.850. The number of benzene rings is 1. The van der Waals surface area contributed by atoms with Gasteiger partial charge in [0.2, 0.25) is 0 Å². The van der Waals surface area contributed by atoms with Crippen molar-refractivity contribution in [3.05, 3.63) is 48.5 Å². The van der Waals surface area contributed by atoms with E-state index in [4.69, 9.17) is 0 Å². The fourth-order valence-electron chi connectivity index (χ4n) is 2.17. The van der Waals surface area contributed by atoms with Gasteiger partial charge in [-0.2, -0.15) is 11.8 Å².